The van der Waals surface area contributed by atoms with Crippen molar-refractivity contribution < 1.29 is 19.8 Å². The molecule has 33 heavy (non-hydrogen) atoms. The van der Waals surface area contributed by atoms with Gasteiger partial charge in [0.05, 0.1) is 11.0 Å². The highest BCUT2D eigenvalue weighted by molar-refractivity contribution is 5.90. The normalized spacial score (nSPS) is 14.8. The van der Waals surface area contributed by atoms with Crippen LogP contribution in [-0.2, 0) is 29.2 Å². The first-order chi connectivity index (χ1) is 16.0. The van der Waals surface area contributed by atoms with Crippen LogP contribution in [0.3, 0.4) is 0 Å². The zero-order valence-electron chi connectivity index (χ0n) is 18.8. The Kier molecular flexibility index (Phi) is 7.05. The van der Waals surface area contributed by atoms with Crippen LogP contribution in [0, 0.1) is 6.92 Å². The quantitative estimate of drug-likeness (QED) is 0.432. The summed E-state index contributed by atoms with van der Waals surface area (Å²) in [6.45, 7) is 3.94. The first-order valence-electron chi connectivity index (χ1n) is 11.4. The molecule has 0 radical (unpaired) electrons. The van der Waals surface area contributed by atoms with Crippen LogP contribution in [0.2, 0.25) is 0 Å². The molecule has 174 valence electrons. The fourth-order valence-electron chi connectivity index (χ4n) is 4.32. The van der Waals surface area contributed by atoms with Gasteiger partial charge in [0.15, 0.2) is 12.2 Å². The van der Waals surface area contributed by atoms with Gasteiger partial charge >= 0.3 is 0 Å². The summed E-state index contributed by atoms with van der Waals surface area (Å²) in [4.78, 5) is 30.8. The van der Waals surface area contributed by atoms with Crippen molar-refractivity contribution >= 4 is 22.8 Å². The van der Waals surface area contributed by atoms with Crippen molar-refractivity contribution in [3.63, 3.8) is 0 Å². The molecule has 0 bridgehead atoms. The van der Waals surface area contributed by atoms with Crippen LogP contribution in [0.15, 0.2) is 48.5 Å². The van der Waals surface area contributed by atoms with Gasteiger partial charge in [0.1, 0.15) is 5.82 Å². The summed E-state index contributed by atoms with van der Waals surface area (Å²) in [7, 11) is 0. The van der Waals surface area contributed by atoms with Crippen molar-refractivity contribution in [2.45, 2.75) is 58.0 Å². The zero-order chi connectivity index (χ0) is 23.4. The smallest absolute Gasteiger partial charge is 0.255 e. The van der Waals surface area contributed by atoms with Gasteiger partial charge in [-0.05, 0) is 49.4 Å². The van der Waals surface area contributed by atoms with Crippen molar-refractivity contribution in [2.75, 3.05) is 6.54 Å². The molecule has 2 amide bonds. The van der Waals surface area contributed by atoms with Crippen molar-refractivity contribution in [2.24, 2.45) is 0 Å². The summed E-state index contributed by atoms with van der Waals surface area (Å²) in [5, 5.41) is 23.0. The Morgan fingerprint density at radius 2 is 1.64 bits per heavy atom. The minimum absolute atomic E-state index is 0.367. The number of rotatable bonds is 9. The molecule has 2 heterocycles. The number of fused-ring (bicyclic) bond motifs is 2. The van der Waals surface area contributed by atoms with E-state index in [0.29, 0.717) is 19.6 Å². The van der Waals surface area contributed by atoms with Gasteiger partial charge in [-0.1, -0.05) is 36.4 Å². The molecule has 0 spiro atoms. The van der Waals surface area contributed by atoms with E-state index < -0.39 is 24.0 Å². The SMILES string of the molecule is Cc1nc2ccccc2n1CCCCCNC(=O)[C@H](O)[C@@H](O)C(=O)N1Cc2ccccc2C1. The molecule has 0 fully saturated rings. The Bertz CT molecular complexity index is 1120. The number of para-hydroxylation sites is 2. The van der Waals surface area contributed by atoms with E-state index in [4.69, 9.17) is 0 Å². The van der Waals surface area contributed by atoms with Gasteiger partial charge in [0.25, 0.3) is 11.8 Å². The third-order valence-electron chi connectivity index (χ3n) is 6.18. The summed E-state index contributed by atoms with van der Waals surface area (Å²) < 4.78 is 2.19. The second kappa shape index (κ2) is 10.1. The second-order valence-corrected chi connectivity index (χ2v) is 8.50. The number of aliphatic hydroxyl groups is 2. The summed E-state index contributed by atoms with van der Waals surface area (Å²) >= 11 is 0. The molecule has 1 aliphatic rings. The Hall–Kier alpha value is -3.23. The highest BCUT2D eigenvalue weighted by atomic mass is 16.3. The van der Waals surface area contributed by atoms with Gasteiger partial charge in [-0.25, -0.2) is 4.98 Å². The Balaban J connectivity index is 1.17. The molecule has 4 rings (SSSR count). The molecular formula is C25H30N4O4. The molecule has 2 atom stereocenters. The highest BCUT2D eigenvalue weighted by Crippen LogP contribution is 2.23. The standard InChI is InChI=1S/C25H30N4O4/c1-17-27-20-11-5-6-12-21(20)29(17)14-8-2-7-13-26-24(32)22(30)23(31)25(33)28-15-18-9-3-4-10-19(18)16-28/h3-6,9-12,22-23,30-31H,2,7-8,13-16H2,1H3,(H,26,32)/t22-,23-/m1/s1. The summed E-state index contributed by atoms with van der Waals surface area (Å²) in [6, 6.07) is 15.7. The average Bonchev–Trinajstić information content (AvgIpc) is 3.40. The Morgan fingerprint density at radius 3 is 2.36 bits per heavy atom. The fraction of sp³-hybridized carbons (Fsp3) is 0.400. The molecule has 0 aliphatic carbocycles. The van der Waals surface area contributed by atoms with Gasteiger partial charge in [-0.15, -0.1) is 0 Å². The molecule has 1 aromatic heterocycles. The molecule has 8 nitrogen and oxygen atoms in total. The molecule has 2 aromatic carbocycles. The number of aromatic nitrogens is 2. The first-order valence-corrected chi connectivity index (χ1v) is 11.4. The van der Waals surface area contributed by atoms with E-state index in [1.807, 2.05) is 49.4 Å². The van der Waals surface area contributed by atoms with E-state index >= 15 is 0 Å². The number of imidazole rings is 1. The van der Waals surface area contributed by atoms with Crippen molar-refractivity contribution in [1.29, 1.82) is 0 Å². The van der Waals surface area contributed by atoms with Crippen molar-refractivity contribution in [1.82, 2.24) is 19.8 Å². The number of nitrogens with one attached hydrogen (secondary N) is 1. The third-order valence-corrected chi connectivity index (χ3v) is 6.18. The molecule has 8 heteroatoms. The predicted octanol–water partition coefficient (Wildman–Crippen LogP) is 1.90. The van der Waals surface area contributed by atoms with E-state index in [-0.39, 0.29) is 0 Å². The lowest BCUT2D eigenvalue weighted by atomic mass is 10.1. The summed E-state index contributed by atoms with van der Waals surface area (Å²) in [5.74, 6) is -0.395. The number of unbranched alkanes of at least 4 members (excludes halogenated alkanes) is 2. The van der Waals surface area contributed by atoms with E-state index in [1.54, 1.807) is 0 Å². The third kappa shape index (κ3) is 5.07. The maximum Gasteiger partial charge on any atom is 0.255 e. The number of aliphatic hydroxyl groups excluding tert-OH is 2. The molecule has 0 saturated carbocycles. The topological polar surface area (TPSA) is 108 Å². The van der Waals surface area contributed by atoms with Gasteiger partial charge < -0.3 is 25.0 Å². The van der Waals surface area contributed by atoms with E-state index in [9.17, 15) is 19.8 Å². The molecule has 1 aliphatic heterocycles. The maximum absolute atomic E-state index is 12.5. The summed E-state index contributed by atoms with van der Waals surface area (Å²) in [6.07, 6.45) is -1.03. The van der Waals surface area contributed by atoms with Crippen LogP contribution in [0.25, 0.3) is 11.0 Å². The number of benzene rings is 2. The van der Waals surface area contributed by atoms with Gasteiger partial charge in [-0.2, -0.15) is 0 Å². The number of carbonyl (C=O) groups is 2. The van der Waals surface area contributed by atoms with Crippen LogP contribution in [-0.4, -0.2) is 55.2 Å². The van der Waals surface area contributed by atoms with Crippen LogP contribution >= 0.6 is 0 Å². The number of hydrogen-bond acceptors (Lipinski definition) is 5. The summed E-state index contributed by atoms with van der Waals surface area (Å²) in [5.41, 5.74) is 4.13. The van der Waals surface area contributed by atoms with E-state index in [2.05, 4.69) is 20.9 Å². The lowest BCUT2D eigenvalue weighted by molar-refractivity contribution is -0.153. The Labute approximate surface area is 192 Å². The molecule has 3 aromatic rings. The van der Waals surface area contributed by atoms with Crippen LogP contribution < -0.4 is 5.32 Å². The first kappa shape index (κ1) is 22.9. The lowest BCUT2D eigenvalue weighted by Crippen LogP contribution is -2.49. The number of carbonyl (C=O) groups excluding carboxylic acids is 2. The molecule has 0 saturated heterocycles. The maximum atomic E-state index is 12.5. The predicted molar refractivity (Wildman–Crippen MR) is 124 cm³/mol. The minimum Gasteiger partial charge on any atom is -0.380 e. The zero-order valence-corrected chi connectivity index (χ0v) is 18.8. The molecular weight excluding hydrogens is 420 g/mol. The van der Waals surface area contributed by atoms with Gasteiger partial charge in [-0.3, -0.25) is 9.59 Å². The number of nitrogens with zero attached hydrogens (tertiary/aromatic N) is 3. The van der Waals surface area contributed by atoms with Gasteiger partial charge in [0.2, 0.25) is 0 Å². The lowest BCUT2D eigenvalue weighted by Gasteiger charge is -2.22. The average molecular weight is 451 g/mol. The van der Waals surface area contributed by atoms with E-state index in [0.717, 1.165) is 53.8 Å². The van der Waals surface area contributed by atoms with Crippen LogP contribution in [0.1, 0.15) is 36.2 Å². The number of amides is 2. The number of aryl methyl sites for hydroxylation is 2. The van der Waals surface area contributed by atoms with Crippen LogP contribution in [0.4, 0.5) is 0 Å². The second-order valence-electron chi connectivity index (χ2n) is 8.50. The minimum atomic E-state index is -1.79. The fourth-order valence-corrected chi connectivity index (χ4v) is 4.32. The highest BCUT2D eigenvalue weighted by Gasteiger charge is 2.35. The van der Waals surface area contributed by atoms with Crippen LogP contribution in [0.5, 0.6) is 0 Å². The monoisotopic (exact) mass is 450 g/mol. The number of hydrogen-bond donors (Lipinski definition) is 3. The largest absolute Gasteiger partial charge is 0.380 e. The molecule has 0 unspecified atom stereocenters. The van der Waals surface area contributed by atoms with E-state index in [1.165, 1.54) is 4.90 Å². The van der Waals surface area contributed by atoms with Gasteiger partial charge in [0, 0.05) is 26.2 Å². The van der Waals surface area contributed by atoms with Crippen molar-refractivity contribution in [3.05, 3.63) is 65.5 Å². The Morgan fingerprint density at radius 1 is 0.970 bits per heavy atom. The van der Waals surface area contributed by atoms with Crippen molar-refractivity contribution in [3.8, 4) is 0 Å². The molecule has 3 N–H and O–H groups in total.